The van der Waals surface area contributed by atoms with Crippen molar-refractivity contribution in [3.05, 3.63) is 0 Å². The molecular formula is C14H28N2. The highest BCUT2D eigenvalue weighted by Gasteiger charge is 2.32. The lowest BCUT2D eigenvalue weighted by molar-refractivity contribution is 0.0774. The Morgan fingerprint density at radius 3 is 2.38 bits per heavy atom. The maximum absolute atomic E-state index is 3.79. The van der Waals surface area contributed by atoms with Gasteiger partial charge in [-0.15, -0.1) is 0 Å². The minimum absolute atomic E-state index is 0.404. The van der Waals surface area contributed by atoms with E-state index in [4.69, 9.17) is 0 Å². The predicted octanol–water partition coefficient (Wildman–Crippen LogP) is 2.64. The van der Waals surface area contributed by atoms with E-state index in [1.54, 1.807) is 0 Å². The Hall–Kier alpha value is -0.0800. The van der Waals surface area contributed by atoms with E-state index in [0.717, 1.165) is 12.1 Å². The summed E-state index contributed by atoms with van der Waals surface area (Å²) in [6.45, 7) is 12.0. The lowest BCUT2D eigenvalue weighted by Crippen LogP contribution is -2.52. The molecule has 2 heteroatoms. The Kier molecular flexibility index (Phi) is 3.60. The highest BCUT2D eigenvalue weighted by molar-refractivity contribution is 4.90. The second kappa shape index (κ2) is 4.66. The zero-order valence-electron chi connectivity index (χ0n) is 11.4. The third kappa shape index (κ3) is 3.21. The molecule has 1 N–H and O–H groups in total. The number of hydrogen-bond acceptors (Lipinski definition) is 2. The number of rotatable bonds is 3. The van der Waals surface area contributed by atoms with Crippen LogP contribution in [0.4, 0.5) is 0 Å². The first-order chi connectivity index (χ1) is 7.47. The van der Waals surface area contributed by atoms with Gasteiger partial charge in [0.2, 0.25) is 0 Å². The standard InChI is InChI=1S/C14H28N2/c1-11(14(2,3)4)16-9-5-6-13(10-16)15-12-7-8-12/h11-13,15H,5-10H2,1-4H3. The number of hydrogen-bond donors (Lipinski definition) is 1. The van der Waals surface area contributed by atoms with Gasteiger partial charge in [0.1, 0.15) is 0 Å². The fourth-order valence-corrected chi connectivity index (χ4v) is 2.63. The van der Waals surface area contributed by atoms with Crippen LogP contribution in [0.15, 0.2) is 0 Å². The Morgan fingerprint density at radius 1 is 1.12 bits per heavy atom. The normalized spacial score (nSPS) is 30.4. The van der Waals surface area contributed by atoms with Gasteiger partial charge >= 0.3 is 0 Å². The predicted molar refractivity (Wildman–Crippen MR) is 69.7 cm³/mol. The van der Waals surface area contributed by atoms with Crippen molar-refractivity contribution in [2.24, 2.45) is 5.41 Å². The van der Waals surface area contributed by atoms with Crippen molar-refractivity contribution in [3.63, 3.8) is 0 Å². The molecule has 0 radical (unpaired) electrons. The van der Waals surface area contributed by atoms with Crippen molar-refractivity contribution in [2.45, 2.75) is 71.5 Å². The van der Waals surface area contributed by atoms with Crippen LogP contribution in [0.3, 0.4) is 0 Å². The summed E-state index contributed by atoms with van der Waals surface area (Å²) >= 11 is 0. The highest BCUT2D eigenvalue weighted by atomic mass is 15.2. The van der Waals surface area contributed by atoms with E-state index < -0.39 is 0 Å². The van der Waals surface area contributed by atoms with Crippen molar-refractivity contribution in [3.8, 4) is 0 Å². The molecule has 1 aliphatic carbocycles. The van der Waals surface area contributed by atoms with Crippen molar-refractivity contribution in [1.82, 2.24) is 10.2 Å². The molecular weight excluding hydrogens is 196 g/mol. The third-order valence-corrected chi connectivity index (χ3v) is 4.30. The third-order valence-electron chi connectivity index (χ3n) is 4.30. The molecule has 0 aromatic heterocycles. The quantitative estimate of drug-likeness (QED) is 0.793. The van der Waals surface area contributed by atoms with Crippen LogP contribution < -0.4 is 5.32 Å². The summed E-state index contributed by atoms with van der Waals surface area (Å²) in [4.78, 5) is 2.68. The van der Waals surface area contributed by atoms with Gasteiger partial charge in [-0.25, -0.2) is 0 Å². The van der Waals surface area contributed by atoms with Crippen LogP contribution in [0, 0.1) is 5.41 Å². The topological polar surface area (TPSA) is 15.3 Å². The van der Waals surface area contributed by atoms with Gasteiger partial charge < -0.3 is 5.32 Å². The van der Waals surface area contributed by atoms with E-state index >= 15 is 0 Å². The summed E-state index contributed by atoms with van der Waals surface area (Å²) in [5.74, 6) is 0. The molecule has 1 aliphatic heterocycles. The van der Waals surface area contributed by atoms with Crippen LogP contribution in [-0.2, 0) is 0 Å². The largest absolute Gasteiger partial charge is 0.310 e. The number of nitrogens with one attached hydrogen (secondary N) is 1. The molecule has 94 valence electrons. The van der Waals surface area contributed by atoms with Gasteiger partial charge in [-0.2, -0.15) is 0 Å². The van der Waals surface area contributed by atoms with E-state index in [1.807, 2.05) is 0 Å². The fourth-order valence-electron chi connectivity index (χ4n) is 2.63. The van der Waals surface area contributed by atoms with Crippen LogP contribution in [0.2, 0.25) is 0 Å². The van der Waals surface area contributed by atoms with Crippen LogP contribution in [0.25, 0.3) is 0 Å². The van der Waals surface area contributed by atoms with E-state index in [9.17, 15) is 0 Å². The lowest BCUT2D eigenvalue weighted by Gasteiger charge is -2.42. The lowest BCUT2D eigenvalue weighted by atomic mass is 9.85. The smallest absolute Gasteiger partial charge is 0.0198 e. The SMILES string of the molecule is CC(N1CCCC(NC2CC2)C1)C(C)(C)C. The summed E-state index contributed by atoms with van der Waals surface area (Å²) in [6.07, 6.45) is 5.56. The molecule has 1 saturated carbocycles. The van der Waals surface area contributed by atoms with Gasteiger partial charge in [0, 0.05) is 24.7 Å². The minimum atomic E-state index is 0.404. The number of likely N-dealkylation sites (tertiary alicyclic amines) is 1. The molecule has 0 amide bonds. The van der Waals surface area contributed by atoms with Crippen molar-refractivity contribution < 1.29 is 0 Å². The minimum Gasteiger partial charge on any atom is -0.310 e. The molecule has 1 saturated heterocycles. The number of piperidine rings is 1. The zero-order chi connectivity index (χ0) is 11.8. The summed E-state index contributed by atoms with van der Waals surface area (Å²) < 4.78 is 0. The van der Waals surface area contributed by atoms with E-state index in [0.29, 0.717) is 11.5 Å². The van der Waals surface area contributed by atoms with E-state index in [1.165, 1.54) is 38.8 Å². The zero-order valence-corrected chi connectivity index (χ0v) is 11.4. The molecule has 0 aromatic carbocycles. The number of nitrogens with zero attached hydrogens (tertiary/aromatic N) is 1. The van der Waals surface area contributed by atoms with Gasteiger partial charge in [0.05, 0.1) is 0 Å². The van der Waals surface area contributed by atoms with Gasteiger partial charge in [-0.3, -0.25) is 4.90 Å². The summed E-state index contributed by atoms with van der Waals surface area (Å²) in [5.41, 5.74) is 0.404. The summed E-state index contributed by atoms with van der Waals surface area (Å²) in [6, 6.07) is 2.30. The highest BCUT2D eigenvalue weighted by Crippen LogP contribution is 2.27. The summed E-state index contributed by atoms with van der Waals surface area (Å²) in [5, 5.41) is 3.79. The first-order valence-corrected chi connectivity index (χ1v) is 6.97. The van der Waals surface area contributed by atoms with Crippen LogP contribution in [0.1, 0.15) is 53.4 Å². The average molecular weight is 224 g/mol. The second-order valence-corrected chi connectivity index (χ2v) is 6.82. The van der Waals surface area contributed by atoms with Crippen molar-refractivity contribution in [2.75, 3.05) is 13.1 Å². The average Bonchev–Trinajstić information content (AvgIpc) is 2.99. The molecule has 2 aliphatic rings. The van der Waals surface area contributed by atoms with E-state index in [-0.39, 0.29) is 0 Å². The van der Waals surface area contributed by atoms with Crippen LogP contribution in [-0.4, -0.2) is 36.1 Å². The molecule has 2 nitrogen and oxygen atoms in total. The first kappa shape index (κ1) is 12.4. The molecule has 2 rings (SSSR count). The fraction of sp³-hybridized carbons (Fsp3) is 1.00. The molecule has 1 heterocycles. The van der Waals surface area contributed by atoms with Crippen molar-refractivity contribution >= 4 is 0 Å². The molecule has 2 fully saturated rings. The molecule has 0 aromatic rings. The Balaban J connectivity index is 1.85. The maximum atomic E-state index is 3.79. The monoisotopic (exact) mass is 224 g/mol. The molecule has 0 bridgehead atoms. The van der Waals surface area contributed by atoms with Gasteiger partial charge in [-0.1, -0.05) is 20.8 Å². The molecule has 2 atom stereocenters. The van der Waals surface area contributed by atoms with Gasteiger partial charge in [0.15, 0.2) is 0 Å². The van der Waals surface area contributed by atoms with Crippen LogP contribution >= 0.6 is 0 Å². The molecule has 0 spiro atoms. The molecule has 16 heavy (non-hydrogen) atoms. The second-order valence-electron chi connectivity index (χ2n) is 6.82. The van der Waals surface area contributed by atoms with Gasteiger partial charge in [0.25, 0.3) is 0 Å². The summed E-state index contributed by atoms with van der Waals surface area (Å²) in [7, 11) is 0. The molecule has 2 unspecified atom stereocenters. The Labute approximate surface area is 101 Å². The van der Waals surface area contributed by atoms with Crippen molar-refractivity contribution in [1.29, 1.82) is 0 Å². The van der Waals surface area contributed by atoms with Crippen LogP contribution in [0.5, 0.6) is 0 Å². The first-order valence-electron chi connectivity index (χ1n) is 6.97. The Morgan fingerprint density at radius 2 is 1.81 bits per heavy atom. The van der Waals surface area contributed by atoms with E-state index in [2.05, 4.69) is 37.9 Å². The Bertz CT molecular complexity index is 227. The van der Waals surface area contributed by atoms with Gasteiger partial charge in [-0.05, 0) is 44.6 Å². The maximum Gasteiger partial charge on any atom is 0.0198 e.